The zero-order valence-corrected chi connectivity index (χ0v) is 22.6. The summed E-state index contributed by atoms with van der Waals surface area (Å²) in [5.41, 5.74) is 0.584. The molecule has 202 valence electrons. The first kappa shape index (κ1) is 27.2. The molecule has 0 spiro atoms. The molecular weight excluding hydrogens is 571 g/mol. The van der Waals surface area contributed by atoms with E-state index in [1.807, 2.05) is 6.07 Å². The molecule has 13 heteroatoms. The Morgan fingerprint density at radius 2 is 2.00 bits per heavy atom. The van der Waals surface area contributed by atoms with Crippen molar-refractivity contribution in [2.45, 2.75) is 25.4 Å². The lowest BCUT2D eigenvalue weighted by Crippen LogP contribution is -2.29. The third kappa shape index (κ3) is 6.60. The van der Waals surface area contributed by atoms with Gasteiger partial charge in [-0.25, -0.2) is 4.98 Å². The van der Waals surface area contributed by atoms with Crippen molar-refractivity contribution in [1.29, 1.82) is 0 Å². The van der Waals surface area contributed by atoms with Crippen LogP contribution in [0.3, 0.4) is 0 Å². The minimum atomic E-state index is -4.41. The van der Waals surface area contributed by atoms with Crippen LogP contribution in [-0.4, -0.2) is 39.4 Å². The van der Waals surface area contributed by atoms with Crippen molar-refractivity contribution < 1.29 is 32.2 Å². The van der Waals surface area contributed by atoms with Gasteiger partial charge in [0.15, 0.2) is 16.6 Å². The molecule has 7 nitrogen and oxygen atoms in total. The van der Waals surface area contributed by atoms with E-state index in [2.05, 4.69) is 10.3 Å². The van der Waals surface area contributed by atoms with Crippen LogP contribution in [0.2, 0.25) is 0 Å². The Kier molecular flexibility index (Phi) is 7.91. The molecule has 1 fully saturated rings. The van der Waals surface area contributed by atoms with E-state index in [0.717, 1.165) is 22.6 Å². The highest BCUT2D eigenvalue weighted by Crippen LogP contribution is 2.36. The van der Waals surface area contributed by atoms with E-state index in [1.165, 1.54) is 40.3 Å². The maximum absolute atomic E-state index is 12.9. The number of alkyl halides is 3. The number of hydrogen-bond donors (Lipinski definition) is 1. The highest BCUT2D eigenvalue weighted by Gasteiger charge is 2.32. The molecule has 1 aromatic heterocycles. The van der Waals surface area contributed by atoms with E-state index >= 15 is 0 Å². The Morgan fingerprint density at radius 3 is 2.82 bits per heavy atom. The predicted molar refractivity (Wildman–Crippen MR) is 147 cm³/mol. The third-order valence-electron chi connectivity index (χ3n) is 5.79. The second kappa shape index (κ2) is 11.4. The van der Waals surface area contributed by atoms with Gasteiger partial charge in [0.05, 0.1) is 10.5 Å². The zero-order valence-electron chi connectivity index (χ0n) is 20.1. The standard InChI is InChI=1S/C26H20F3N3O4S3/c27-26(28,29)17-4-1-3-15(9-17)10-18-13-30-24(38-18)31-22(33)5-2-8-32-23(34)21(39-25(32)37)12-16-6-7-19-20(11-16)36-14-35-19/h1,3-4,6-7,9,11-13H,2,5,8,10,14H2,(H,30,31,33). The number of halogens is 3. The number of anilines is 1. The van der Waals surface area contributed by atoms with E-state index < -0.39 is 11.7 Å². The second-order valence-electron chi connectivity index (χ2n) is 8.60. The monoisotopic (exact) mass is 591 g/mol. The molecule has 0 bridgehead atoms. The molecule has 2 amide bonds. The number of carbonyl (C=O) groups excluding carboxylic acids is 2. The van der Waals surface area contributed by atoms with Gasteiger partial charge in [-0.1, -0.05) is 48.2 Å². The molecule has 0 unspecified atom stereocenters. The number of thioether (sulfide) groups is 1. The minimum absolute atomic E-state index is 0.140. The van der Waals surface area contributed by atoms with Gasteiger partial charge in [0.1, 0.15) is 4.32 Å². The van der Waals surface area contributed by atoms with Crippen LogP contribution in [0.4, 0.5) is 18.3 Å². The van der Waals surface area contributed by atoms with Crippen LogP contribution in [0.25, 0.3) is 6.08 Å². The summed E-state index contributed by atoms with van der Waals surface area (Å²) in [5.74, 6) is 0.773. The summed E-state index contributed by atoms with van der Waals surface area (Å²) in [5, 5.41) is 3.07. The van der Waals surface area contributed by atoms with Crippen molar-refractivity contribution >= 4 is 62.7 Å². The summed E-state index contributed by atoms with van der Waals surface area (Å²) in [4.78, 5) is 32.1. The molecule has 3 aromatic rings. The molecule has 0 aliphatic carbocycles. The van der Waals surface area contributed by atoms with Crippen molar-refractivity contribution in [3.05, 3.63) is 75.1 Å². The van der Waals surface area contributed by atoms with E-state index in [0.29, 0.717) is 37.8 Å². The molecule has 39 heavy (non-hydrogen) atoms. The Labute approximate surface area is 235 Å². The lowest BCUT2D eigenvalue weighted by molar-refractivity contribution is -0.137. The summed E-state index contributed by atoms with van der Waals surface area (Å²) in [6.07, 6.45) is -0.332. The average molecular weight is 592 g/mol. The quantitative estimate of drug-likeness (QED) is 0.250. The van der Waals surface area contributed by atoms with Crippen LogP contribution in [0.1, 0.15) is 34.4 Å². The van der Waals surface area contributed by atoms with Crippen LogP contribution >= 0.6 is 35.3 Å². The van der Waals surface area contributed by atoms with Gasteiger partial charge in [-0.15, -0.1) is 11.3 Å². The zero-order chi connectivity index (χ0) is 27.6. The predicted octanol–water partition coefficient (Wildman–Crippen LogP) is 6.10. The Bertz CT molecular complexity index is 1470. The van der Waals surface area contributed by atoms with Crippen molar-refractivity contribution in [1.82, 2.24) is 9.88 Å². The summed E-state index contributed by atoms with van der Waals surface area (Å²) in [6, 6.07) is 10.5. The maximum Gasteiger partial charge on any atom is 0.416 e. The maximum atomic E-state index is 12.9. The molecule has 1 N–H and O–H groups in total. The topological polar surface area (TPSA) is 80.8 Å². The number of hydrogen-bond acceptors (Lipinski definition) is 8. The number of thiazole rings is 1. The van der Waals surface area contributed by atoms with Crippen molar-refractivity contribution in [2.24, 2.45) is 0 Å². The van der Waals surface area contributed by atoms with E-state index in [4.69, 9.17) is 21.7 Å². The van der Waals surface area contributed by atoms with E-state index in [1.54, 1.807) is 24.3 Å². The summed E-state index contributed by atoms with van der Waals surface area (Å²) in [7, 11) is 0. The fraction of sp³-hybridized carbons (Fsp3) is 0.231. The summed E-state index contributed by atoms with van der Waals surface area (Å²) >= 11 is 7.77. The Morgan fingerprint density at radius 1 is 1.18 bits per heavy atom. The van der Waals surface area contributed by atoms with Crippen LogP contribution < -0.4 is 14.8 Å². The Hall–Kier alpha value is -3.42. The molecule has 2 aromatic carbocycles. The highest BCUT2D eigenvalue weighted by atomic mass is 32.2. The first-order chi connectivity index (χ1) is 18.7. The summed E-state index contributed by atoms with van der Waals surface area (Å²) < 4.78 is 49.9. The summed E-state index contributed by atoms with van der Waals surface area (Å²) in [6.45, 7) is 0.452. The number of amides is 2. The normalized spacial score (nSPS) is 15.9. The Balaban J connectivity index is 1.10. The van der Waals surface area contributed by atoms with Gasteiger partial charge in [0, 0.05) is 30.5 Å². The molecule has 3 heterocycles. The van der Waals surface area contributed by atoms with Crippen LogP contribution in [0, 0.1) is 0 Å². The number of fused-ring (bicyclic) bond motifs is 1. The van der Waals surface area contributed by atoms with Gasteiger partial charge in [-0.05, 0) is 41.8 Å². The van der Waals surface area contributed by atoms with Crippen LogP contribution in [0.5, 0.6) is 11.5 Å². The molecule has 0 atom stereocenters. The van der Waals surface area contributed by atoms with Crippen molar-refractivity contribution in [2.75, 3.05) is 18.7 Å². The number of nitrogens with one attached hydrogen (secondary N) is 1. The van der Waals surface area contributed by atoms with E-state index in [9.17, 15) is 22.8 Å². The molecular formula is C26H20F3N3O4S3. The second-order valence-corrected chi connectivity index (χ2v) is 11.4. The van der Waals surface area contributed by atoms with Gasteiger partial charge >= 0.3 is 6.18 Å². The first-order valence-electron chi connectivity index (χ1n) is 11.7. The number of ether oxygens (including phenoxy) is 2. The smallest absolute Gasteiger partial charge is 0.416 e. The number of aromatic nitrogens is 1. The van der Waals surface area contributed by atoms with E-state index in [-0.39, 0.29) is 38.0 Å². The van der Waals surface area contributed by atoms with Crippen molar-refractivity contribution in [3.8, 4) is 11.5 Å². The van der Waals surface area contributed by atoms with Gasteiger partial charge in [0.25, 0.3) is 5.91 Å². The molecule has 1 saturated heterocycles. The molecule has 5 rings (SSSR count). The average Bonchev–Trinajstić information content (AvgIpc) is 3.60. The van der Waals surface area contributed by atoms with Gasteiger partial charge in [0.2, 0.25) is 12.7 Å². The van der Waals surface area contributed by atoms with Gasteiger partial charge < -0.3 is 14.8 Å². The number of nitrogens with zero attached hydrogens (tertiary/aromatic N) is 2. The van der Waals surface area contributed by atoms with Crippen LogP contribution in [-0.2, 0) is 22.2 Å². The SMILES string of the molecule is O=C(CCCN1C(=O)C(=Cc2ccc3c(c2)OCO3)SC1=S)Nc1ncc(Cc2cccc(C(F)(F)F)c2)s1. The molecule has 2 aliphatic rings. The number of benzene rings is 2. The van der Waals surface area contributed by atoms with Crippen LogP contribution in [0.15, 0.2) is 53.6 Å². The van der Waals surface area contributed by atoms with Gasteiger partial charge in [-0.2, -0.15) is 13.2 Å². The molecule has 0 saturated carbocycles. The molecule has 0 radical (unpaired) electrons. The fourth-order valence-electron chi connectivity index (χ4n) is 3.93. The number of carbonyl (C=O) groups is 2. The highest BCUT2D eigenvalue weighted by molar-refractivity contribution is 8.26. The number of rotatable bonds is 8. The largest absolute Gasteiger partial charge is 0.454 e. The third-order valence-corrected chi connectivity index (χ3v) is 8.08. The lowest BCUT2D eigenvalue weighted by Gasteiger charge is -2.13. The van der Waals surface area contributed by atoms with Crippen molar-refractivity contribution in [3.63, 3.8) is 0 Å². The molecule has 2 aliphatic heterocycles. The number of thiocarbonyl (C=S) groups is 1. The lowest BCUT2D eigenvalue weighted by atomic mass is 10.1. The first-order valence-corrected chi connectivity index (χ1v) is 13.8. The van der Waals surface area contributed by atoms with Gasteiger partial charge in [-0.3, -0.25) is 14.5 Å². The minimum Gasteiger partial charge on any atom is -0.454 e. The fourth-order valence-corrected chi connectivity index (χ4v) is 6.10.